The molecule has 1 aliphatic heterocycles. The number of hydrogen-bond donors (Lipinski definition) is 1. The van der Waals surface area contributed by atoms with E-state index >= 15 is 0 Å². The number of aromatic nitrogens is 1. The van der Waals surface area contributed by atoms with Gasteiger partial charge in [0.2, 0.25) is 0 Å². The summed E-state index contributed by atoms with van der Waals surface area (Å²) in [6, 6.07) is 7.82. The third-order valence-electron chi connectivity index (χ3n) is 4.90. The first kappa shape index (κ1) is 22.3. The van der Waals surface area contributed by atoms with E-state index in [0.717, 1.165) is 5.41 Å². The number of amides is 1. The molecule has 2 heterocycles. The van der Waals surface area contributed by atoms with Crippen LogP contribution in [0.15, 0.2) is 41.8 Å². The standard InChI is InChI=1S/C21H22N2O7S/c1-13-18(20(25)29-3)14(2)22-19(13)21(26)30-11-17(24)23(15-7-5-4-6-8-15)16-9-10-31(27,28)12-16/h4-10,16,22H,11-12H2,1-3H3/t16-/m1/s1. The van der Waals surface area contributed by atoms with Gasteiger partial charge < -0.3 is 19.4 Å². The number of esters is 2. The summed E-state index contributed by atoms with van der Waals surface area (Å²) in [5.41, 5.74) is 1.55. The number of para-hydroxylation sites is 1. The van der Waals surface area contributed by atoms with Crippen molar-refractivity contribution in [3.05, 3.63) is 64.3 Å². The minimum absolute atomic E-state index is 0.0419. The fraction of sp³-hybridized carbons (Fsp3) is 0.286. The second-order valence-electron chi connectivity index (χ2n) is 7.02. The normalized spacial score (nSPS) is 16.7. The summed E-state index contributed by atoms with van der Waals surface area (Å²) >= 11 is 0. The van der Waals surface area contributed by atoms with E-state index in [1.54, 1.807) is 44.2 Å². The van der Waals surface area contributed by atoms with Gasteiger partial charge in [0.05, 0.1) is 24.5 Å². The summed E-state index contributed by atoms with van der Waals surface area (Å²) in [7, 11) is -2.17. The summed E-state index contributed by atoms with van der Waals surface area (Å²) < 4.78 is 33.6. The Bertz CT molecular complexity index is 1150. The van der Waals surface area contributed by atoms with Crippen LogP contribution < -0.4 is 4.90 Å². The van der Waals surface area contributed by atoms with Crippen LogP contribution >= 0.6 is 0 Å². The number of H-pyrrole nitrogens is 1. The molecule has 31 heavy (non-hydrogen) atoms. The van der Waals surface area contributed by atoms with Crippen LogP contribution in [-0.2, 0) is 24.1 Å². The number of anilines is 1. The molecule has 1 aromatic carbocycles. The topological polar surface area (TPSA) is 123 Å². The number of carbonyl (C=O) groups excluding carboxylic acids is 3. The summed E-state index contributed by atoms with van der Waals surface area (Å²) in [5, 5.41) is 1.08. The van der Waals surface area contributed by atoms with E-state index in [-0.39, 0.29) is 17.0 Å². The summed E-state index contributed by atoms with van der Waals surface area (Å²) in [4.78, 5) is 41.4. The predicted octanol–water partition coefficient (Wildman–Crippen LogP) is 1.92. The van der Waals surface area contributed by atoms with E-state index in [9.17, 15) is 22.8 Å². The van der Waals surface area contributed by atoms with Gasteiger partial charge in [-0.1, -0.05) is 18.2 Å². The number of sulfone groups is 1. The Kier molecular flexibility index (Phi) is 6.30. The molecule has 0 aliphatic carbocycles. The van der Waals surface area contributed by atoms with Gasteiger partial charge in [0, 0.05) is 16.8 Å². The van der Waals surface area contributed by atoms with Crippen LogP contribution in [0.4, 0.5) is 5.69 Å². The second-order valence-corrected chi connectivity index (χ2v) is 8.95. The van der Waals surface area contributed by atoms with E-state index < -0.39 is 40.3 Å². The highest BCUT2D eigenvalue weighted by Crippen LogP contribution is 2.23. The number of aromatic amines is 1. The van der Waals surface area contributed by atoms with Crippen molar-refractivity contribution in [1.29, 1.82) is 0 Å². The van der Waals surface area contributed by atoms with Gasteiger partial charge in [-0.25, -0.2) is 18.0 Å². The van der Waals surface area contributed by atoms with Crippen LogP contribution in [0.2, 0.25) is 0 Å². The molecule has 1 atom stereocenters. The Morgan fingerprint density at radius 1 is 1.13 bits per heavy atom. The van der Waals surface area contributed by atoms with Crippen LogP contribution in [0.5, 0.6) is 0 Å². The number of hydrogen-bond acceptors (Lipinski definition) is 7. The van der Waals surface area contributed by atoms with Crippen molar-refractivity contribution in [1.82, 2.24) is 4.98 Å². The first-order chi connectivity index (χ1) is 14.6. The molecule has 0 spiro atoms. The zero-order valence-electron chi connectivity index (χ0n) is 17.2. The molecule has 1 aromatic heterocycles. The number of nitrogens with zero attached hydrogens (tertiary/aromatic N) is 1. The molecule has 164 valence electrons. The van der Waals surface area contributed by atoms with E-state index in [4.69, 9.17) is 9.47 Å². The quantitative estimate of drug-likeness (QED) is 0.673. The molecular formula is C21H22N2O7S. The summed E-state index contributed by atoms with van der Waals surface area (Å²) in [6.07, 6.45) is 1.43. The van der Waals surface area contributed by atoms with Crippen molar-refractivity contribution in [2.24, 2.45) is 0 Å². The zero-order chi connectivity index (χ0) is 22.8. The lowest BCUT2D eigenvalue weighted by Gasteiger charge is -2.27. The van der Waals surface area contributed by atoms with Gasteiger partial charge >= 0.3 is 11.9 Å². The third kappa shape index (κ3) is 4.69. The number of benzene rings is 1. The number of ether oxygens (including phenoxy) is 2. The van der Waals surface area contributed by atoms with Crippen LogP contribution in [0.25, 0.3) is 0 Å². The van der Waals surface area contributed by atoms with Gasteiger partial charge in [0.15, 0.2) is 16.4 Å². The van der Waals surface area contributed by atoms with Crippen LogP contribution in [0.1, 0.15) is 32.1 Å². The number of rotatable bonds is 6. The lowest BCUT2D eigenvalue weighted by atomic mass is 10.1. The van der Waals surface area contributed by atoms with Crippen molar-refractivity contribution in [2.45, 2.75) is 19.9 Å². The molecule has 9 nitrogen and oxygen atoms in total. The molecule has 0 bridgehead atoms. The Labute approximate surface area is 179 Å². The van der Waals surface area contributed by atoms with Crippen molar-refractivity contribution < 1.29 is 32.3 Å². The van der Waals surface area contributed by atoms with Crippen molar-refractivity contribution in [3.63, 3.8) is 0 Å². The minimum Gasteiger partial charge on any atom is -0.465 e. The smallest absolute Gasteiger partial charge is 0.355 e. The zero-order valence-corrected chi connectivity index (χ0v) is 18.1. The Morgan fingerprint density at radius 3 is 2.39 bits per heavy atom. The monoisotopic (exact) mass is 446 g/mol. The van der Waals surface area contributed by atoms with E-state index in [1.165, 1.54) is 18.1 Å². The molecule has 10 heteroatoms. The summed E-state index contributed by atoms with van der Waals surface area (Å²) in [5.74, 6) is -2.24. The molecule has 1 aliphatic rings. The minimum atomic E-state index is -3.41. The number of methoxy groups -OCH3 is 1. The van der Waals surface area contributed by atoms with E-state index in [2.05, 4.69) is 4.98 Å². The van der Waals surface area contributed by atoms with Crippen molar-refractivity contribution in [2.75, 3.05) is 24.4 Å². The van der Waals surface area contributed by atoms with Crippen molar-refractivity contribution >= 4 is 33.4 Å². The van der Waals surface area contributed by atoms with Crippen molar-refractivity contribution in [3.8, 4) is 0 Å². The molecule has 1 N–H and O–H groups in total. The van der Waals surface area contributed by atoms with Gasteiger partial charge in [-0.3, -0.25) is 4.79 Å². The maximum absolute atomic E-state index is 12.9. The highest BCUT2D eigenvalue weighted by atomic mass is 32.2. The molecule has 0 fully saturated rings. The van der Waals surface area contributed by atoms with Crippen LogP contribution in [0.3, 0.4) is 0 Å². The maximum Gasteiger partial charge on any atom is 0.355 e. The highest BCUT2D eigenvalue weighted by molar-refractivity contribution is 7.94. The SMILES string of the molecule is COC(=O)c1c(C)[nH]c(C(=O)OCC(=O)N(c2ccccc2)[C@@H]2C=CS(=O)(=O)C2)c1C. The molecule has 0 saturated heterocycles. The molecule has 0 unspecified atom stereocenters. The van der Waals surface area contributed by atoms with Gasteiger partial charge in [-0.2, -0.15) is 0 Å². The molecule has 0 saturated carbocycles. The molecular weight excluding hydrogens is 424 g/mol. The number of nitrogens with one attached hydrogen (secondary N) is 1. The second kappa shape index (κ2) is 8.76. The summed E-state index contributed by atoms with van der Waals surface area (Å²) in [6.45, 7) is 2.58. The van der Waals surface area contributed by atoms with Crippen LogP contribution in [0, 0.1) is 13.8 Å². The molecule has 3 rings (SSSR count). The highest BCUT2D eigenvalue weighted by Gasteiger charge is 2.32. The third-order valence-corrected chi connectivity index (χ3v) is 6.28. The lowest BCUT2D eigenvalue weighted by Crippen LogP contribution is -2.43. The molecule has 1 amide bonds. The average molecular weight is 446 g/mol. The maximum atomic E-state index is 12.9. The Balaban J connectivity index is 1.78. The van der Waals surface area contributed by atoms with E-state index in [0.29, 0.717) is 16.9 Å². The number of aryl methyl sites for hydroxylation is 1. The first-order valence-electron chi connectivity index (χ1n) is 9.37. The van der Waals surface area contributed by atoms with Gasteiger partial charge in [0.1, 0.15) is 5.69 Å². The fourth-order valence-electron chi connectivity index (χ4n) is 3.46. The first-order valence-corrected chi connectivity index (χ1v) is 11.1. The fourth-order valence-corrected chi connectivity index (χ4v) is 4.73. The molecule has 2 aromatic rings. The molecule has 0 radical (unpaired) electrons. The van der Waals surface area contributed by atoms with Crippen LogP contribution in [-0.4, -0.2) is 56.8 Å². The number of carbonyl (C=O) groups is 3. The average Bonchev–Trinajstić information content (AvgIpc) is 3.24. The lowest BCUT2D eigenvalue weighted by molar-refractivity contribution is -0.121. The Morgan fingerprint density at radius 2 is 1.81 bits per heavy atom. The Hall–Kier alpha value is -3.40. The predicted molar refractivity (Wildman–Crippen MR) is 113 cm³/mol. The van der Waals surface area contributed by atoms with Gasteiger partial charge in [-0.15, -0.1) is 0 Å². The largest absolute Gasteiger partial charge is 0.465 e. The van der Waals surface area contributed by atoms with Gasteiger partial charge in [0.25, 0.3) is 5.91 Å². The van der Waals surface area contributed by atoms with Gasteiger partial charge in [-0.05, 0) is 37.6 Å². The van der Waals surface area contributed by atoms with E-state index in [1.807, 2.05) is 0 Å².